The molecule has 0 atom stereocenters. The molecule has 0 amide bonds. The largest absolute Gasteiger partial charge is 0.464 e. The number of furan rings is 1. The summed E-state index contributed by atoms with van der Waals surface area (Å²) in [6.45, 7) is 0. The molecule has 0 aliphatic carbocycles. The van der Waals surface area contributed by atoms with E-state index in [-0.39, 0.29) is 0 Å². The lowest BCUT2D eigenvalue weighted by molar-refractivity contribution is 0.582. The van der Waals surface area contributed by atoms with Crippen LogP contribution in [-0.2, 0) is 5.88 Å². The van der Waals surface area contributed by atoms with Gasteiger partial charge in [0.15, 0.2) is 0 Å². The van der Waals surface area contributed by atoms with Gasteiger partial charge in [-0.15, -0.1) is 11.6 Å². The lowest BCUT2D eigenvalue weighted by atomic mass is 10.1. The zero-order valence-electron chi connectivity index (χ0n) is 7.03. The quantitative estimate of drug-likeness (QED) is 0.662. The zero-order chi connectivity index (χ0) is 9.10. The molecule has 1 nitrogen and oxygen atoms in total. The van der Waals surface area contributed by atoms with Gasteiger partial charge in [-0.05, 0) is 23.8 Å². The van der Waals surface area contributed by atoms with Crippen LogP contribution in [0.15, 0.2) is 47.1 Å². The van der Waals surface area contributed by atoms with E-state index >= 15 is 0 Å². The minimum atomic E-state index is 0.536. The summed E-state index contributed by atoms with van der Waals surface area (Å²) < 4.78 is 5.28. The summed E-state index contributed by atoms with van der Waals surface area (Å²) in [4.78, 5) is 0. The van der Waals surface area contributed by atoms with Gasteiger partial charge in [0.1, 0.15) is 5.76 Å². The van der Waals surface area contributed by atoms with Gasteiger partial charge in [-0.3, -0.25) is 0 Å². The van der Waals surface area contributed by atoms with Crippen LogP contribution in [0, 0.1) is 0 Å². The predicted octanol–water partition coefficient (Wildman–Crippen LogP) is 3.69. The Morgan fingerprint density at radius 2 is 2.08 bits per heavy atom. The Morgan fingerprint density at radius 3 is 2.77 bits per heavy atom. The van der Waals surface area contributed by atoms with Crippen molar-refractivity contribution in [2.45, 2.75) is 5.88 Å². The zero-order valence-corrected chi connectivity index (χ0v) is 7.79. The van der Waals surface area contributed by atoms with Crippen molar-refractivity contribution < 1.29 is 4.42 Å². The molecule has 0 bridgehead atoms. The van der Waals surface area contributed by atoms with Gasteiger partial charge in [0.05, 0.1) is 6.26 Å². The van der Waals surface area contributed by atoms with Gasteiger partial charge in [-0.1, -0.05) is 18.2 Å². The third-order valence-corrected chi connectivity index (χ3v) is 2.20. The van der Waals surface area contributed by atoms with Crippen molar-refractivity contribution in [1.29, 1.82) is 0 Å². The highest BCUT2D eigenvalue weighted by Crippen LogP contribution is 2.21. The molecule has 2 rings (SSSR count). The highest BCUT2D eigenvalue weighted by Gasteiger charge is 2.00. The summed E-state index contributed by atoms with van der Waals surface area (Å²) in [7, 11) is 0. The maximum Gasteiger partial charge on any atom is 0.133 e. The van der Waals surface area contributed by atoms with Gasteiger partial charge in [0.2, 0.25) is 0 Å². The molecule has 1 aromatic carbocycles. The van der Waals surface area contributed by atoms with Gasteiger partial charge in [0, 0.05) is 11.4 Å². The summed E-state index contributed by atoms with van der Waals surface area (Å²) in [6, 6.07) is 11.8. The second-order valence-electron chi connectivity index (χ2n) is 2.81. The van der Waals surface area contributed by atoms with Crippen LogP contribution >= 0.6 is 11.6 Å². The fraction of sp³-hybridized carbons (Fsp3) is 0.0909. The topological polar surface area (TPSA) is 13.1 Å². The third kappa shape index (κ3) is 1.76. The van der Waals surface area contributed by atoms with Crippen molar-refractivity contribution in [2.24, 2.45) is 0 Å². The van der Waals surface area contributed by atoms with E-state index in [0.29, 0.717) is 5.88 Å². The highest BCUT2D eigenvalue weighted by atomic mass is 35.5. The number of benzene rings is 1. The van der Waals surface area contributed by atoms with E-state index in [1.807, 2.05) is 36.4 Å². The fourth-order valence-electron chi connectivity index (χ4n) is 1.25. The Kier molecular flexibility index (Phi) is 2.37. The van der Waals surface area contributed by atoms with E-state index < -0.39 is 0 Å². The summed E-state index contributed by atoms with van der Waals surface area (Å²) in [5, 5.41) is 0. The first-order valence-corrected chi connectivity index (χ1v) is 4.62. The number of rotatable bonds is 2. The van der Waals surface area contributed by atoms with Crippen molar-refractivity contribution in [3.05, 3.63) is 48.2 Å². The van der Waals surface area contributed by atoms with E-state index in [4.69, 9.17) is 16.0 Å². The second kappa shape index (κ2) is 3.67. The van der Waals surface area contributed by atoms with Crippen molar-refractivity contribution in [2.75, 3.05) is 0 Å². The van der Waals surface area contributed by atoms with Crippen LogP contribution in [0.3, 0.4) is 0 Å². The fourth-order valence-corrected chi connectivity index (χ4v) is 1.42. The number of halogens is 1. The number of alkyl halides is 1. The Bertz CT molecular complexity index is 379. The molecule has 1 aromatic heterocycles. The molecule has 0 fully saturated rings. The average molecular weight is 193 g/mol. The van der Waals surface area contributed by atoms with Crippen LogP contribution in [0.2, 0.25) is 0 Å². The molecule has 0 spiro atoms. The predicted molar refractivity (Wildman–Crippen MR) is 53.7 cm³/mol. The van der Waals surface area contributed by atoms with Crippen LogP contribution in [0.5, 0.6) is 0 Å². The van der Waals surface area contributed by atoms with Crippen LogP contribution in [0.25, 0.3) is 11.3 Å². The van der Waals surface area contributed by atoms with E-state index in [1.165, 1.54) is 0 Å². The highest BCUT2D eigenvalue weighted by molar-refractivity contribution is 6.17. The SMILES string of the molecule is ClCc1cccc(-c2ccco2)c1. The Morgan fingerprint density at radius 1 is 1.15 bits per heavy atom. The van der Waals surface area contributed by atoms with Gasteiger partial charge in [-0.2, -0.15) is 0 Å². The van der Waals surface area contributed by atoms with Crippen molar-refractivity contribution in [1.82, 2.24) is 0 Å². The molecule has 1 heterocycles. The Balaban J connectivity index is 2.41. The maximum atomic E-state index is 5.73. The van der Waals surface area contributed by atoms with Gasteiger partial charge in [0.25, 0.3) is 0 Å². The monoisotopic (exact) mass is 192 g/mol. The summed E-state index contributed by atoms with van der Waals surface area (Å²) in [5.74, 6) is 1.42. The van der Waals surface area contributed by atoms with E-state index in [0.717, 1.165) is 16.9 Å². The summed E-state index contributed by atoms with van der Waals surface area (Å²) in [6.07, 6.45) is 1.67. The van der Waals surface area contributed by atoms with Crippen molar-refractivity contribution in [3.8, 4) is 11.3 Å². The molecule has 0 radical (unpaired) electrons. The van der Waals surface area contributed by atoms with Gasteiger partial charge in [-0.25, -0.2) is 0 Å². The van der Waals surface area contributed by atoms with Gasteiger partial charge < -0.3 is 4.42 Å². The first-order valence-electron chi connectivity index (χ1n) is 4.09. The van der Waals surface area contributed by atoms with Crippen LogP contribution < -0.4 is 0 Å². The molecule has 0 N–H and O–H groups in total. The first kappa shape index (κ1) is 8.39. The molecule has 66 valence electrons. The smallest absolute Gasteiger partial charge is 0.133 e. The third-order valence-electron chi connectivity index (χ3n) is 1.89. The molecular weight excluding hydrogens is 184 g/mol. The van der Waals surface area contributed by atoms with E-state index in [9.17, 15) is 0 Å². The lowest BCUT2D eigenvalue weighted by Gasteiger charge is -1.98. The van der Waals surface area contributed by atoms with Crippen LogP contribution in [0.1, 0.15) is 5.56 Å². The molecule has 0 saturated carbocycles. The summed E-state index contributed by atoms with van der Waals surface area (Å²) in [5.41, 5.74) is 2.18. The molecule has 0 saturated heterocycles. The van der Waals surface area contributed by atoms with E-state index in [2.05, 4.69) is 0 Å². The summed E-state index contributed by atoms with van der Waals surface area (Å²) >= 11 is 5.73. The lowest BCUT2D eigenvalue weighted by Crippen LogP contribution is -1.78. The van der Waals surface area contributed by atoms with Gasteiger partial charge >= 0.3 is 0 Å². The molecule has 0 aliphatic heterocycles. The first-order chi connectivity index (χ1) is 6.40. The van der Waals surface area contributed by atoms with Crippen LogP contribution in [0.4, 0.5) is 0 Å². The number of hydrogen-bond donors (Lipinski definition) is 0. The maximum absolute atomic E-state index is 5.73. The van der Waals surface area contributed by atoms with Crippen LogP contribution in [-0.4, -0.2) is 0 Å². The molecule has 2 aromatic rings. The normalized spacial score (nSPS) is 10.2. The molecule has 2 heteroatoms. The van der Waals surface area contributed by atoms with E-state index in [1.54, 1.807) is 6.26 Å². The minimum Gasteiger partial charge on any atom is -0.464 e. The Labute approximate surface area is 82.0 Å². The Hall–Kier alpha value is -1.21. The minimum absolute atomic E-state index is 0.536. The molecule has 0 aliphatic rings. The molecular formula is C11H9ClO. The second-order valence-corrected chi connectivity index (χ2v) is 3.08. The molecule has 0 unspecified atom stereocenters. The van der Waals surface area contributed by atoms with Crippen molar-refractivity contribution in [3.63, 3.8) is 0 Å². The standard InChI is InChI=1S/C11H9ClO/c12-8-9-3-1-4-10(7-9)11-5-2-6-13-11/h1-7H,8H2. The average Bonchev–Trinajstić information content (AvgIpc) is 2.71. The number of hydrogen-bond acceptors (Lipinski definition) is 1. The molecule has 13 heavy (non-hydrogen) atoms. The van der Waals surface area contributed by atoms with Crippen molar-refractivity contribution >= 4 is 11.6 Å².